The van der Waals surface area contributed by atoms with E-state index in [1.807, 2.05) is 0 Å². The monoisotopic (exact) mass is 291 g/mol. The number of primary amides is 1. The number of anilines is 2. The van der Waals surface area contributed by atoms with Gasteiger partial charge in [-0.05, 0) is 36.4 Å². The van der Waals surface area contributed by atoms with Crippen LogP contribution in [-0.2, 0) is 0 Å². The van der Waals surface area contributed by atoms with Crippen LogP contribution in [0.5, 0.6) is 0 Å². The number of halogens is 2. The summed E-state index contributed by atoms with van der Waals surface area (Å²) < 4.78 is 26.9. The highest BCUT2D eigenvalue weighted by Crippen LogP contribution is 2.19. The smallest absolute Gasteiger partial charge is 0.258 e. The fourth-order valence-corrected chi connectivity index (χ4v) is 1.69. The van der Waals surface area contributed by atoms with Gasteiger partial charge < -0.3 is 16.8 Å². The number of carbonyl (C=O) groups is 2. The molecule has 0 bridgehead atoms. The van der Waals surface area contributed by atoms with Crippen LogP contribution >= 0.6 is 0 Å². The van der Waals surface area contributed by atoms with Crippen molar-refractivity contribution in [1.82, 2.24) is 0 Å². The first-order valence-corrected chi connectivity index (χ1v) is 5.84. The van der Waals surface area contributed by atoms with Gasteiger partial charge in [-0.15, -0.1) is 0 Å². The molecule has 0 aliphatic carbocycles. The molecule has 2 rings (SSSR count). The Morgan fingerprint density at radius 1 is 1.05 bits per heavy atom. The molecule has 2 amide bonds. The lowest BCUT2D eigenvalue weighted by atomic mass is 10.1. The molecule has 7 heteroatoms. The van der Waals surface area contributed by atoms with E-state index in [0.29, 0.717) is 5.69 Å². The maximum absolute atomic E-state index is 13.7. The van der Waals surface area contributed by atoms with Crippen LogP contribution in [0, 0.1) is 11.6 Å². The maximum Gasteiger partial charge on any atom is 0.258 e. The highest BCUT2D eigenvalue weighted by molar-refractivity contribution is 6.05. The van der Waals surface area contributed by atoms with Gasteiger partial charge in [0.25, 0.3) is 5.91 Å². The molecular formula is C14H11F2N3O2. The Bertz CT molecular complexity index is 715. The normalized spacial score (nSPS) is 10.2. The summed E-state index contributed by atoms with van der Waals surface area (Å²) in [7, 11) is 0. The molecule has 0 heterocycles. The fraction of sp³-hybridized carbons (Fsp3) is 0. The molecule has 0 fully saturated rings. The van der Waals surface area contributed by atoms with Crippen molar-refractivity contribution in [2.24, 2.45) is 5.73 Å². The summed E-state index contributed by atoms with van der Waals surface area (Å²) >= 11 is 0. The van der Waals surface area contributed by atoms with Crippen molar-refractivity contribution in [3.63, 3.8) is 0 Å². The maximum atomic E-state index is 13.7. The molecule has 2 aromatic carbocycles. The van der Waals surface area contributed by atoms with Crippen molar-refractivity contribution in [2.75, 3.05) is 11.1 Å². The third-order valence-corrected chi connectivity index (χ3v) is 2.74. The minimum Gasteiger partial charge on any atom is -0.396 e. The number of rotatable bonds is 3. The van der Waals surface area contributed by atoms with E-state index in [1.54, 1.807) is 0 Å². The minimum atomic E-state index is -0.998. The van der Waals surface area contributed by atoms with Crippen molar-refractivity contribution >= 4 is 23.2 Å². The summed E-state index contributed by atoms with van der Waals surface area (Å²) in [6.45, 7) is 0. The van der Waals surface area contributed by atoms with Gasteiger partial charge in [0.1, 0.15) is 5.82 Å². The summed E-state index contributed by atoms with van der Waals surface area (Å²) in [5, 5.41) is 2.37. The number of hydrogen-bond donors (Lipinski definition) is 3. The Balaban J connectivity index is 2.24. The van der Waals surface area contributed by atoms with Crippen molar-refractivity contribution in [3.05, 3.63) is 59.2 Å². The van der Waals surface area contributed by atoms with Crippen molar-refractivity contribution in [1.29, 1.82) is 0 Å². The second kappa shape index (κ2) is 5.58. The Labute approximate surface area is 118 Å². The molecule has 0 unspecified atom stereocenters. The molecule has 0 atom stereocenters. The zero-order chi connectivity index (χ0) is 15.6. The summed E-state index contributed by atoms with van der Waals surface area (Å²) in [4.78, 5) is 22.8. The number of nitrogens with two attached hydrogens (primary N) is 2. The topological polar surface area (TPSA) is 98.2 Å². The highest BCUT2D eigenvalue weighted by Gasteiger charge is 2.16. The predicted molar refractivity (Wildman–Crippen MR) is 73.7 cm³/mol. The van der Waals surface area contributed by atoms with Crippen molar-refractivity contribution in [3.8, 4) is 0 Å². The van der Waals surface area contributed by atoms with Gasteiger partial charge in [0.2, 0.25) is 5.91 Å². The van der Waals surface area contributed by atoms with E-state index in [1.165, 1.54) is 24.3 Å². The summed E-state index contributed by atoms with van der Waals surface area (Å²) in [5.74, 6) is -3.28. The molecule has 0 saturated carbocycles. The van der Waals surface area contributed by atoms with Gasteiger partial charge in [-0.2, -0.15) is 0 Å². The summed E-state index contributed by atoms with van der Waals surface area (Å²) in [6.07, 6.45) is 0. The van der Waals surface area contributed by atoms with Gasteiger partial charge in [0, 0.05) is 11.3 Å². The Kier molecular flexibility index (Phi) is 3.84. The van der Waals surface area contributed by atoms with Crippen LogP contribution in [-0.4, -0.2) is 11.8 Å². The first-order chi connectivity index (χ1) is 9.88. The van der Waals surface area contributed by atoms with Gasteiger partial charge >= 0.3 is 0 Å². The van der Waals surface area contributed by atoms with Gasteiger partial charge in [0.15, 0.2) is 5.82 Å². The molecule has 21 heavy (non-hydrogen) atoms. The average Bonchev–Trinajstić information content (AvgIpc) is 2.43. The van der Waals surface area contributed by atoms with E-state index >= 15 is 0 Å². The molecule has 0 saturated heterocycles. The minimum absolute atomic E-state index is 0.258. The number of benzene rings is 2. The number of hydrogen-bond acceptors (Lipinski definition) is 3. The van der Waals surface area contributed by atoms with E-state index in [4.69, 9.17) is 11.5 Å². The van der Waals surface area contributed by atoms with Gasteiger partial charge in [0.05, 0.1) is 11.3 Å². The molecule has 0 radical (unpaired) electrons. The quantitative estimate of drug-likeness (QED) is 0.753. The average molecular weight is 291 g/mol. The van der Waals surface area contributed by atoms with E-state index in [0.717, 1.165) is 12.1 Å². The molecule has 5 N–H and O–H groups in total. The molecular weight excluding hydrogens is 280 g/mol. The Morgan fingerprint density at radius 2 is 1.67 bits per heavy atom. The highest BCUT2D eigenvalue weighted by atomic mass is 19.1. The lowest BCUT2D eigenvalue weighted by Crippen LogP contribution is -2.16. The SMILES string of the molecule is NC(=O)c1ccc(NC(=O)c2cc(F)cc(N)c2F)cc1. The first kappa shape index (κ1) is 14.4. The molecule has 0 aliphatic heterocycles. The van der Waals surface area contributed by atoms with Crippen molar-refractivity contribution in [2.45, 2.75) is 0 Å². The summed E-state index contributed by atoms with van der Waals surface area (Å²) in [6, 6.07) is 7.16. The van der Waals surface area contributed by atoms with Crippen LogP contribution in [0.2, 0.25) is 0 Å². The molecule has 5 nitrogen and oxygen atoms in total. The van der Waals surface area contributed by atoms with E-state index in [-0.39, 0.29) is 5.56 Å². The van der Waals surface area contributed by atoms with Crippen molar-refractivity contribution < 1.29 is 18.4 Å². The number of amides is 2. The third-order valence-electron chi connectivity index (χ3n) is 2.74. The Hall–Kier alpha value is -2.96. The van der Waals surface area contributed by atoms with Gasteiger partial charge in [-0.25, -0.2) is 8.78 Å². The zero-order valence-electron chi connectivity index (χ0n) is 10.7. The molecule has 0 spiro atoms. The second-order valence-electron chi connectivity index (χ2n) is 4.25. The lowest BCUT2D eigenvalue weighted by Gasteiger charge is -2.08. The van der Waals surface area contributed by atoms with Gasteiger partial charge in [-0.3, -0.25) is 9.59 Å². The van der Waals surface area contributed by atoms with Crippen LogP contribution in [0.15, 0.2) is 36.4 Å². The zero-order valence-corrected chi connectivity index (χ0v) is 10.7. The van der Waals surface area contributed by atoms with Crippen LogP contribution in [0.1, 0.15) is 20.7 Å². The fourth-order valence-electron chi connectivity index (χ4n) is 1.69. The Morgan fingerprint density at radius 3 is 2.24 bits per heavy atom. The lowest BCUT2D eigenvalue weighted by molar-refractivity contribution is 0.0998. The van der Waals surface area contributed by atoms with E-state index in [2.05, 4.69) is 5.32 Å². The number of nitrogens with one attached hydrogen (secondary N) is 1. The molecule has 0 aromatic heterocycles. The van der Waals surface area contributed by atoms with Crippen LogP contribution in [0.25, 0.3) is 0 Å². The number of carbonyl (C=O) groups excluding carboxylic acids is 2. The largest absolute Gasteiger partial charge is 0.396 e. The van der Waals surface area contributed by atoms with E-state index in [9.17, 15) is 18.4 Å². The molecule has 2 aromatic rings. The summed E-state index contributed by atoms with van der Waals surface area (Å²) in [5.41, 5.74) is 9.93. The third kappa shape index (κ3) is 3.14. The van der Waals surface area contributed by atoms with Gasteiger partial charge in [-0.1, -0.05) is 0 Å². The van der Waals surface area contributed by atoms with Crippen LogP contribution < -0.4 is 16.8 Å². The second-order valence-corrected chi connectivity index (χ2v) is 4.25. The first-order valence-electron chi connectivity index (χ1n) is 5.84. The molecule has 108 valence electrons. The standard InChI is InChI=1S/C14H11F2N3O2/c15-8-5-10(12(16)11(17)6-8)14(21)19-9-3-1-7(2-4-9)13(18)20/h1-6H,17H2,(H2,18,20)(H,19,21). The van der Waals surface area contributed by atoms with Crippen LogP contribution in [0.3, 0.4) is 0 Å². The van der Waals surface area contributed by atoms with Crippen LogP contribution in [0.4, 0.5) is 20.2 Å². The predicted octanol–water partition coefficient (Wildman–Crippen LogP) is 1.90. The molecule has 0 aliphatic rings. The van der Waals surface area contributed by atoms with E-state index < -0.39 is 34.7 Å². The number of nitrogen functional groups attached to an aromatic ring is 1.